The van der Waals surface area contributed by atoms with E-state index in [1.54, 1.807) is 12.0 Å². The quantitative estimate of drug-likeness (QED) is 0.558. The van der Waals surface area contributed by atoms with E-state index in [9.17, 15) is 0 Å². The van der Waals surface area contributed by atoms with Gasteiger partial charge in [0.1, 0.15) is 19.0 Å². The standard InChI is InChI=1S/C24H27N3O2.ClH/c1-28-23-17-21(10-11-22(23)29-19-20-7-3-2-4-8-20)18-26-13-15-27(16-14-26)24-9-5-6-12-25-24;/h2-12,17H,13-16,18-19H2,1H3;1H. The predicted molar refractivity (Wildman–Crippen MR) is 115 cm³/mol. The first-order valence-corrected chi connectivity index (χ1v) is 10.1. The molecular formula is C24H28ClN3O2. The summed E-state index contributed by atoms with van der Waals surface area (Å²) in [7, 11) is 1.70. The Bertz CT molecular complexity index is 901. The maximum atomic E-state index is 5.98. The third-order valence-electron chi connectivity index (χ3n) is 5.36. The topological polar surface area (TPSA) is 39.0 Å². The normalized spacial score (nSPS) is 14.1. The minimum Gasteiger partial charge on any atom is -1.00 e. The Morgan fingerprint density at radius 3 is 2.37 bits per heavy atom. The van der Waals surface area contributed by atoms with Crippen LogP contribution in [0.5, 0.6) is 11.5 Å². The molecule has 2 heterocycles. The van der Waals surface area contributed by atoms with Gasteiger partial charge in [0.05, 0.1) is 33.3 Å². The number of hydrogen-bond acceptors (Lipinski definition) is 4. The fourth-order valence-corrected chi connectivity index (χ4v) is 3.73. The maximum absolute atomic E-state index is 5.98. The van der Waals surface area contributed by atoms with Gasteiger partial charge in [-0.2, -0.15) is 0 Å². The third-order valence-corrected chi connectivity index (χ3v) is 5.36. The molecule has 1 aliphatic heterocycles. The lowest BCUT2D eigenvalue weighted by atomic mass is 10.1. The van der Waals surface area contributed by atoms with E-state index in [-0.39, 0.29) is 12.4 Å². The first-order chi connectivity index (χ1) is 14.3. The molecular weight excluding hydrogens is 398 g/mol. The molecule has 30 heavy (non-hydrogen) atoms. The van der Waals surface area contributed by atoms with Crippen LogP contribution in [-0.2, 0) is 13.2 Å². The highest BCUT2D eigenvalue weighted by atomic mass is 35.5. The molecule has 1 aromatic heterocycles. The Balaban J connectivity index is 0.00000256. The number of quaternary nitrogens is 1. The van der Waals surface area contributed by atoms with Gasteiger partial charge < -0.3 is 31.7 Å². The highest BCUT2D eigenvalue weighted by Crippen LogP contribution is 2.28. The van der Waals surface area contributed by atoms with E-state index in [1.807, 2.05) is 36.5 Å². The molecule has 2 aromatic carbocycles. The zero-order chi connectivity index (χ0) is 19.9. The third kappa shape index (κ3) is 5.65. The van der Waals surface area contributed by atoms with E-state index in [0.717, 1.165) is 55.6 Å². The van der Waals surface area contributed by atoms with Crippen molar-refractivity contribution < 1.29 is 26.8 Å². The summed E-state index contributed by atoms with van der Waals surface area (Å²) in [5.41, 5.74) is 2.42. The minimum atomic E-state index is 0. The van der Waals surface area contributed by atoms with Gasteiger partial charge in [-0.25, -0.2) is 4.98 Å². The zero-order valence-corrected chi connectivity index (χ0v) is 18.0. The van der Waals surface area contributed by atoms with E-state index < -0.39 is 0 Å². The highest BCUT2D eigenvalue weighted by Gasteiger charge is 2.21. The van der Waals surface area contributed by atoms with Crippen molar-refractivity contribution in [2.24, 2.45) is 0 Å². The van der Waals surface area contributed by atoms with Gasteiger partial charge in [0, 0.05) is 11.8 Å². The van der Waals surface area contributed by atoms with Crippen LogP contribution in [0.2, 0.25) is 0 Å². The number of ether oxygens (including phenoxy) is 2. The van der Waals surface area contributed by atoms with E-state index in [1.165, 1.54) is 5.56 Å². The van der Waals surface area contributed by atoms with Crippen LogP contribution >= 0.6 is 0 Å². The molecule has 4 rings (SSSR count). The number of benzene rings is 2. The highest BCUT2D eigenvalue weighted by molar-refractivity contribution is 5.43. The molecule has 158 valence electrons. The Kier molecular flexibility index (Phi) is 7.94. The number of halogens is 1. The lowest BCUT2D eigenvalue weighted by Crippen LogP contribution is -3.13. The number of pyridine rings is 1. The van der Waals surface area contributed by atoms with E-state index in [0.29, 0.717) is 6.61 Å². The number of anilines is 1. The first-order valence-electron chi connectivity index (χ1n) is 10.1. The number of hydrogen-bond donors (Lipinski definition) is 1. The maximum Gasteiger partial charge on any atom is 0.161 e. The summed E-state index contributed by atoms with van der Waals surface area (Å²) in [4.78, 5) is 8.42. The average Bonchev–Trinajstić information content (AvgIpc) is 2.80. The van der Waals surface area contributed by atoms with Gasteiger partial charge in [-0.15, -0.1) is 0 Å². The molecule has 0 aliphatic carbocycles. The van der Waals surface area contributed by atoms with E-state index >= 15 is 0 Å². The summed E-state index contributed by atoms with van der Waals surface area (Å²) in [6.07, 6.45) is 1.86. The van der Waals surface area contributed by atoms with Crippen LogP contribution < -0.4 is 31.7 Å². The summed E-state index contributed by atoms with van der Waals surface area (Å²) in [5.74, 6) is 2.66. The molecule has 0 bridgehead atoms. The summed E-state index contributed by atoms with van der Waals surface area (Å²) >= 11 is 0. The SMILES string of the molecule is COc1cc(C[NH+]2CCN(c3ccccn3)CC2)ccc1OCc1ccccc1.[Cl-]. The van der Waals surface area contributed by atoms with Crippen LogP contribution in [0.25, 0.3) is 0 Å². The van der Waals surface area contributed by atoms with Crippen molar-refractivity contribution in [2.45, 2.75) is 13.2 Å². The Labute approximate surface area is 184 Å². The molecule has 6 heteroatoms. The molecule has 0 amide bonds. The minimum absolute atomic E-state index is 0. The molecule has 1 fully saturated rings. The zero-order valence-electron chi connectivity index (χ0n) is 17.3. The second kappa shape index (κ2) is 10.9. The lowest BCUT2D eigenvalue weighted by molar-refractivity contribution is -0.914. The average molecular weight is 426 g/mol. The smallest absolute Gasteiger partial charge is 0.161 e. The van der Waals surface area contributed by atoms with Crippen molar-refractivity contribution in [2.75, 3.05) is 38.2 Å². The lowest BCUT2D eigenvalue weighted by Gasteiger charge is -2.33. The van der Waals surface area contributed by atoms with Crippen LogP contribution in [0.15, 0.2) is 72.9 Å². The second-order valence-corrected chi connectivity index (χ2v) is 7.36. The van der Waals surface area contributed by atoms with Gasteiger partial charge in [-0.1, -0.05) is 36.4 Å². The molecule has 1 aliphatic rings. The fourth-order valence-electron chi connectivity index (χ4n) is 3.73. The van der Waals surface area contributed by atoms with Gasteiger partial charge in [-0.05, 0) is 35.9 Å². The predicted octanol–water partition coefficient (Wildman–Crippen LogP) is -0.422. The van der Waals surface area contributed by atoms with Crippen LogP contribution in [0.3, 0.4) is 0 Å². The summed E-state index contributed by atoms with van der Waals surface area (Å²) < 4.78 is 11.6. The van der Waals surface area contributed by atoms with Crippen molar-refractivity contribution in [3.8, 4) is 11.5 Å². The number of methoxy groups -OCH3 is 1. The van der Waals surface area contributed by atoms with Crippen LogP contribution in [0.1, 0.15) is 11.1 Å². The van der Waals surface area contributed by atoms with Gasteiger partial charge >= 0.3 is 0 Å². The summed E-state index contributed by atoms with van der Waals surface area (Å²) in [6.45, 7) is 5.79. The Hall–Kier alpha value is -2.76. The Morgan fingerprint density at radius 2 is 1.67 bits per heavy atom. The number of nitrogens with zero attached hydrogens (tertiary/aromatic N) is 2. The van der Waals surface area contributed by atoms with Crippen LogP contribution in [0, 0.1) is 0 Å². The number of piperazine rings is 1. The van der Waals surface area contributed by atoms with Crippen molar-refractivity contribution in [1.29, 1.82) is 0 Å². The monoisotopic (exact) mass is 425 g/mol. The molecule has 1 saturated heterocycles. The van der Waals surface area contributed by atoms with Crippen LogP contribution in [0.4, 0.5) is 5.82 Å². The van der Waals surface area contributed by atoms with Crippen molar-refractivity contribution >= 4 is 5.82 Å². The number of nitrogens with one attached hydrogen (secondary N) is 1. The van der Waals surface area contributed by atoms with Crippen molar-refractivity contribution in [3.63, 3.8) is 0 Å². The Morgan fingerprint density at radius 1 is 0.900 bits per heavy atom. The molecule has 5 nitrogen and oxygen atoms in total. The van der Waals surface area contributed by atoms with E-state index in [2.05, 4.69) is 46.3 Å². The number of rotatable bonds is 7. The van der Waals surface area contributed by atoms with E-state index in [4.69, 9.17) is 9.47 Å². The van der Waals surface area contributed by atoms with Gasteiger partial charge in [0.25, 0.3) is 0 Å². The van der Waals surface area contributed by atoms with Gasteiger partial charge in [0.15, 0.2) is 11.5 Å². The van der Waals surface area contributed by atoms with Gasteiger partial charge in [-0.3, -0.25) is 0 Å². The molecule has 0 atom stereocenters. The van der Waals surface area contributed by atoms with Crippen molar-refractivity contribution in [1.82, 2.24) is 4.98 Å². The first kappa shape index (κ1) is 21.9. The molecule has 0 unspecified atom stereocenters. The molecule has 0 spiro atoms. The molecule has 0 saturated carbocycles. The number of aromatic nitrogens is 1. The van der Waals surface area contributed by atoms with Crippen molar-refractivity contribution in [3.05, 3.63) is 84.1 Å². The fraction of sp³-hybridized carbons (Fsp3) is 0.292. The largest absolute Gasteiger partial charge is 1.00 e. The van der Waals surface area contributed by atoms with Crippen LogP contribution in [-0.4, -0.2) is 38.3 Å². The second-order valence-electron chi connectivity index (χ2n) is 7.36. The molecule has 1 N–H and O–H groups in total. The molecule has 3 aromatic rings. The van der Waals surface area contributed by atoms with Gasteiger partial charge in [0.2, 0.25) is 0 Å². The molecule has 0 radical (unpaired) electrons. The summed E-state index contributed by atoms with van der Waals surface area (Å²) in [6, 6.07) is 22.6. The summed E-state index contributed by atoms with van der Waals surface area (Å²) in [5, 5.41) is 0.